The number of aliphatic hydroxyl groups is 1. The minimum atomic E-state index is -2.96. The molecule has 1 saturated carbocycles. The molecule has 1 aliphatic carbocycles. The van der Waals surface area contributed by atoms with Crippen LogP contribution in [0, 0.1) is 5.41 Å². The lowest BCUT2D eigenvalue weighted by atomic mass is 9.78. The number of aromatic nitrogens is 1. The molecular weight excluding hydrogens is 312 g/mol. The second-order valence-electron chi connectivity index (χ2n) is 7.39. The van der Waals surface area contributed by atoms with Crippen molar-refractivity contribution in [3.05, 3.63) is 42.0 Å². The third kappa shape index (κ3) is 4.23. The first-order valence-electron chi connectivity index (χ1n) is 8.26. The van der Waals surface area contributed by atoms with Crippen molar-refractivity contribution in [3.8, 4) is 0 Å². The first-order valence-corrected chi connectivity index (χ1v) is 8.26. The van der Waals surface area contributed by atoms with Gasteiger partial charge in [0.25, 0.3) is 5.92 Å². The number of alkyl halides is 2. The molecular formula is C18H27F2N3O. The molecule has 24 heavy (non-hydrogen) atoms. The molecule has 1 heterocycles. The second-order valence-corrected chi connectivity index (χ2v) is 7.39. The zero-order valence-corrected chi connectivity index (χ0v) is 14.6. The summed E-state index contributed by atoms with van der Waals surface area (Å²) in [5, 5.41) is 16.9. The normalized spacial score (nSPS) is 23.1. The van der Waals surface area contributed by atoms with Crippen LogP contribution in [0.5, 0.6) is 0 Å². The Morgan fingerprint density at radius 2 is 2.08 bits per heavy atom. The number of pyridine rings is 1. The summed E-state index contributed by atoms with van der Waals surface area (Å²) in [7, 11) is 0. The summed E-state index contributed by atoms with van der Waals surface area (Å²) in [5.41, 5.74) is -0.439. The van der Waals surface area contributed by atoms with Crippen LogP contribution >= 0.6 is 0 Å². The largest absolute Gasteiger partial charge is 0.387 e. The van der Waals surface area contributed by atoms with Crippen molar-refractivity contribution in [1.82, 2.24) is 15.6 Å². The van der Waals surface area contributed by atoms with Crippen molar-refractivity contribution >= 4 is 0 Å². The topological polar surface area (TPSA) is 57.2 Å². The van der Waals surface area contributed by atoms with Crippen molar-refractivity contribution in [1.29, 1.82) is 0 Å². The van der Waals surface area contributed by atoms with Gasteiger partial charge in [0.15, 0.2) is 0 Å². The van der Waals surface area contributed by atoms with E-state index in [4.69, 9.17) is 0 Å². The maximum atomic E-state index is 13.3. The maximum Gasteiger partial charge on any atom is 0.286 e. The maximum absolute atomic E-state index is 13.3. The van der Waals surface area contributed by atoms with Gasteiger partial charge in [0.05, 0.1) is 11.4 Å². The van der Waals surface area contributed by atoms with Crippen LogP contribution in [-0.2, 0) is 12.5 Å². The number of nitrogens with zero attached hydrogens (tertiary/aromatic N) is 1. The van der Waals surface area contributed by atoms with Crippen LogP contribution in [0.3, 0.4) is 0 Å². The van der Waals surface area contributed by atoms with E-state index in [0.29, 0.717) is 24.5 Å². The van der Waals surface area contributed by atoms with E-state index in [1.54, 1.807) is 6.07 Å². The van der Waals surface area contributed by atoms with Crippen molar-refractivity contribution in [2.24, 2.45) is 5.41 Å². The van der Waals surface area contributed by atoms with Gasteiger partial charge < -0.3 is 15.7 Å². The Morgan fingerprint density at radius 1 is 1.38 bits per heavy atom. The summed E-state index contributed by atoms with van der Waals surface area (Å²) in [4.78, 5) is 3.70. The van der Waals surface area contributed by atoms with E-state index >= 15 is 0 Å². The summed E-state index contributed by atoms with van der Waals surface area (Å²) in [6, 6.07) is 3.07. The molecule has 0 aromatic carbocycles. The number of rotatable bonds is 7. The third-order valence-corrected chi connectivity index (χ3v) is 5.03. The SMILES string of the molecule is C=C(NCc1ccnc(C(C)(F)F)c1)NCC1(O)CCCC1(C)C. The second kappa shape index (κ2) is 6.67. The summed E-state index contributed by atoms with van der Waals surface area (Å²) >= 11 is 0. The van der Waals surface area contributed by atoms with E-state index in [1.807, 2.05) is 0 Å². The fourth-order valence-electron chi connectivity index (χ4n) is 3.07. The van der Waals surface area contributed by atoms with Crippen LogP contribution in [0.4, 0.5) is 8.78 Å². The molecule has 4 nitrogen and oxygen atoms in total. The van der Waals surface area contributed by atoms with Crippen LogP contribution < -0.4 is 10.6 Å². The highest BCUT2D eigenvalue weighted by atomic mass is 19.3. The molecule has 1 aliphatic rings. The molecule has 0 radical (unpaired) electrons. The van der Waals surface area contributed by atoms with E-state index in [9.17, 15) is 13.9 Å². The predicted molar refractivity (Wildman–Crippen MR) is 90.4 cm³/mol. The van der Waals surface area contributed by atoms with Crippen molar-refractivity contribution in [3.63, 3.8) is 0 Å². The Labute approximate surface area is 142 Å². The quantitative estimate of drug-likeness (QED) is 0.713. The van der Waals surface area contributed by atoms with Crippen molar-refractivity contribution < 1.29 is 13.9 Å². The molecule has 0 spiro atoms. The molecule has 3 N–H and O–H groups in total. The molecule has 134 valence electrons. The summed E-state index contributed by atoms with van der Waals surface area (Å²) in [5.74, 6) is -2.39. The first kappa shape index (κ1) is 18.6. The van der Waals surface area contributed by atoms with E-state index < -0.39 is 11.5 Å². The summed E-state index contributed by atoms with van der Waals surface area (Å²) in [6.07, 6.45) is 4.15. The van der Waals surface area contributed by atoms with E-state index in [-0.39, 0.29) is 11.1 Å². The molecule has 0 saturated heterocycles. The first-order chi connectivity index (χ1) is 11.0. The lowest BCUT2D eigenvalue weighted by Gasteiger charge is -2.37. The van der Waals surface area contributed by atoms with Crippen LogP contribution in [0.1, 0.15) is 51.3 Å². The number of hydrogen-bond donors (Lipinski definition) is 3. The monoisotopic (exact) mass is 339 g/mol. The van der Waals surface area contributed by atoms with Crippen LogP contribution in [0.15, 0.2) is 30.7 Å². The zero-order chi connectivity index (χ0) is 18.0. The van der Waals surface area contributed by atoms with Gasteiger partial charge in [-0.1, -0.05) is 20.4 Å². The van der Waals surface area contributed by atoms with Gasteiger partial charge in [0, 0.05) is 26.2 Å². The van der Waals surface area contributed by atoms with Gasteiger partial charge in [-0.25, -0.2) is 0 Å². The Kier molecular flexibility index (Phi) is 5.18. The molecule has 1 fully saturated rings. The van der Waals surface area contributed by atoms with Gasteiger partial charge in [0.2, 0.25) is 0 Å². The Bertz CT molecular complexity index is 598. The van der Waals surface area contributed by atoms with Crippen molar-refractivity contribution in [2.75, 3.05) is 6.54 Å². The molecule has 0 aliphatic heterocycles. The summed E-state index contributed by atoms with van der Waals surface area (Å²) in [6.45, 7) is 9.63. The smallest absolute Gasteiger partial charge is 0.286 e. The number of halogens is 2. The van der Waals surface area contributed by atoms with Crippen molar-refractivity contribution in [2.45, 2.75) is 58.1 Å². The number of hydrogen-bond acceptors (Lipinski definition) is 4. The molecule has 0 amide bonds. The van der Waals surface area contributed by atoms with Gasteiger partial charge >= 0.3 is 0 Å². The minimum Gasteiger partial charge on any atom is -0.387 e. The Balaban J connectivity index is 1.86. The molecule has 0 bridgehead atoms. The van der Waals surface area contributed by atoms with E-state index in [0.717, 1.165) is 26.2 Å². The van der Waals surface area contributed by atoms with Gasteiger partial charge in [-0.15, -0.1) is 0 Å². The fraction of sp³-hybridized carbons (Fsp3) is 0.611. The van der Waals surface area contributed by atoms with Crippen LogP contribution in [0.2, 0.25) is 0 Å². The molecule has 2 rings (SSSR count). The predicted octanol–water partition coefficient (Wildman–Crippen LogP) is 3.28. The van der Waals surface area contributed by atoms with Gasteiger partial charge in [0.1, 0.15) is 5.69 Å². The van der Waals surface area contributed by atoms with E-state index in [2.05, 4.69) is 36.0 Å². The third-order valence-electron chi connectivity index (χ3n) is 5.03. The fourth-order valence-corrected chi connectivity index (χ4v) is 3.07. The molecule has 1 aromatic heterocycles. The lowest BCUT2D eigenvalue weighted by Crippen LogP contribution is -2.49. The lowest BCUT2D eigenvalue weighted by molar-refractivity contribution is -0.0393. The highest BCUT2D eigenvalue weighted by Crippen LogP contribution is 2.45. The Morgan fingerprint density at radius 3 is 2.67 bits per heavy atom. The standard InChI is InChI=1S/C18H27F2N3O/c1-13(23-12-18(24)8-5-7-16(18,2)3)22-11-14-6-9-21-15(10-14)17(4,19)20/h6,9-10,22-24H,1,5,7-8,11-12H2,2-4H3. The van der Waals surface area contributed by atoms with E-state index in [1.165, 1.54) is 12.3 Å². The van der Waals surface area contributed by atoms with Gasteiger partial charge in [-0.2, -0.15) is 8.78 Å². The van der Waals surface area contributed by atoms with Crippen LogP contribution in [-0.4, -0.2) is 22.2 Å². The van der Waals surface area contributed by atoms with Gasteiger partial charge in [-0.05, 0) is 42.4 Å². The van der Waals surface area contributed by atoms with Gasteiger partial charge in [-0.3, -0.25) is 4.98 Å². The summed E-state index contributed by atoms with van der Waals surface area (Å²) < 4.78 is 26.6. The molecule has 1 unspecified atom stereocenters. The average Bonchev–Trinajstić information content (AvgIpc) is 2.76. The minimum absolute atomic E-state index is 0.132. The molecule has 1 atom stereocenters. The molecule has 1 aromatic rings. The molecule has 6 heteroatoms. The van der Waals surface area contributed by atoms with Crippen LogP contribution in [0.25, 0.3) is 0 Å². The average molecular weight is 339 g/mol. The Hall–Kier alpha value is -1.69. The number of nitrogens with one attached hydrogen (secondary N) is 2. The highest BCUT2D eigenvalue weighted by molar-refractivity contribution is 5.19. The zero-order valence-electron chi connectivity index (χ0n) is 14.6. The highest BCUT2D eigenvalue weighted by Gasteiger charge is 2.47.